The van der Waals surface area contributed by atoms with Gasteiger partial charge in [0.25, 0.3) is 5.91 Å². The Bertz CT molecular complexity index is 1100. The number of fused-ring (bicyclic) bond motifs is 1. The summed E-state index contributed by atoms with van der Waals surface area (Å²) >= 11 is 0. The maximum absolute atomic E-state index is 14.6. The van der Waals surface area contributed by atoms with Crippen LogP contribution in [0.4, 0.5) is 8.78 Å². The summed E-state index contributed by atoms with van der Waals surface area (Å²) in [5, 5.41) is 14.0. The Labute approximate surface area is 166 Å². The van der Waals surface area contributed by atoms with Gasteiger partial charge in [0.05, 0.1) is 6.54 Å². The summed E-state index contributed by atoms with van der Waals surface area (Å²) < 4.78 is 34.6. The molecule has 0 radical (unpaired) electrons. The number of halogens is 2. The summed E-state index contributed by atoms with van der Waals surface area (Å²) in [6.07, 6.45) is 2.43. The molecule has 1 aliphatic heterocycles. The lowest BCUT2D eigenvalue weighted by molar-refractivity contribution is -0.605. The monoisotopic (exact) mass is 396 g/mol. The van der Waals surface area contributed by atoms with Crippen LogP contribution >= 0.6 is 0 Å². The number of aromatic nitrogens is 1. The number of carbonyl (C=O) groups excluding carboxylic acids is 1. The fourth-order valence-corrected chi connectivity index (χ4v) is 3.34. The van der Waals surface area contributed by atoms with E-state index in [0.29, 0.717) is 33.4 Å². The molecule has 0 aliphatic carbocycles. The molecule has 148 valence electrons. The number of benzene rings is 2. The van der Waals surface area contributed by atoms with Crippen molar-refractivity contribution in [2.75, 3.05) is 6.54 Å². The molecule has 3 aromatic rings. The standard InChI is InChI=1S/C22H18F2N2O3/c1-13-4-5-14(9-19(13)23)16-7-17-8-18(29-21(17)20(24)10-16)11-25-22(27)15-3-2-6-26(28)12-15/h2-7,9-10,12,18H,8,11H2,1H3,(H,25,27)/t18-/m1/s1. The summed E-state index contributed by atoms with van der Waals surface area (Å²) in [5.74, 6) is -1.13. The maximum Gasteiger partial charge on any atom is 0.257 e. The van der Waals surface area contributed by atoms with E-state index in [0.717, 1.165) is 0 Å². The molecule has 0 spiro atoms. The van der Waals surface area contributed by atoms with E-state index in [1.807, 2.05) is 0 Å². The lowest BCUT2D eigenvalue weighted by Gasteiger charge is -2.12. The maximum atomic E-state index is 14.6. The fraction of sp³-hybridized carbons (Fsp3) is 0.182. The number of ether oxygens (including phenoxy) is 1. The zero-order valence-electron chi connectivity index (χ0n) is 15.6. The highest BCUT2D eigenvalue weighted by atomic mass is 19.1. The lowest BCUT2D eigenvalue weighted by Crippen LogP contribution is -2.36. The average molecular weight is 396 g/mol. The molecule has 5 nitrogen and oxygen atoms in total. The number of pyridine rings is 1. The van der Waals surface area contributed by atoms with E-state index in [1.165, 1.54) is 36.7 Å². The van der Waals surface area contributed by atoms with E-state index in [1.54, 1.807) is 25.1 Å². The van der Waals surface area contributed by atoms with Crippen LogP contribution in [0, 0.1) is 23.8 Å². The fourth-order valence-electron chi connectivity index (χ4n) is 3.34. The first-order chi connectivity index (χ1) is 13.9. The van der Waals surface area contributed by atoms with Crippen LogP contribution in [0.25, 0.3) is 11.1 Å². The number of aryl methyl sites for hydroxylation is 1. The van der Waals surface area contributed by atoms with Gasteiger partial charge < -0.3 is 15.3 Å². The SMILES string of the molecule is Cc1ccc(-c2cc(F)c3c(c2)C[C@H](CNC(=O)c2ccc[n+]([O-])c2)O3)cc1F. The first kappa shape index (κ1) is 18.9. The Kier molecular flexibility index (Phi) is 4.88. The number of nitrogens with zero attached hydrogens (tertiary/aromatic N) is 1. The molecule has 29 heavy (non-hydrogen) atoms. The molecule has 1 aromatic heterocycles. The van der Waals surface area contributed by atoms with Crippen molar-refractivity contribution in [1.29, 1.82) is 0 Å². The third kappa shape index (κ3) is 3.89. The Morgan fingerprint density at radius 3 is 2.76 bits per heavy atom. The zero-order valence-corrected chi connectivity index (χ0v) is 15.6. The molecular formula is C22H18F2N2O3. The smallest absolute Gasteiger partial charge is 0.257 e. The molecule has 0 bridgehead atoms. The predicted molar refractivity (Wildman–Crippen MR) is 102 cm³/mol. The van der Waals surface area contributed by atoms with Crippen molar-refractivity contribution >= 4 is 5.91 Å². The van der Waals surface area contributed by atoms with Gasteiger partial charge in [-0.1, -0.05) is 12.1 Å². The molecule has 4 rings (SSSR count). The van der Waals surface area contributed by atoms with Gasteiger partial charge in [0.1, 0.15) is 17.5 Å². The van der Waals surface area contributed by atoms with Crippen molar-refractivity contribution < 1.29 is 23.0 Å². The van der Waals surface area contributed by atoms with Crippen molar-refractivity contribution in [2.45, 2.75) is 19.4 Å². The quantitative estimate of drug-likeness (QED) is 0.544. The minimum atomic E-state index is -0.525. The van der Waals surface area contributed by atoms with Crippen LogP contribution in [-0.4, -0.2) is 18.6 Å². The van der Waals surface area contributed by atoms with Crippen molar-refractivity contribution in [3.63, 3.8) is 0 Å². The molecule has 1 N–H and O–H groups in total. The molecule has 1 aliphatic rings. The van der Waals surface area contributed by atoms with Gasteiger partial charge in [-0.15, -0.1) is 0 Å². The number of hydrogen-bond donors (Lipinski definition) is 1. The van der Waals surface area contributed by atoms with Crippen molar-refractivity contribution in [3.8, 4) is 16.9 Å². The van der Waals surface area contributed by atoms with E-state index in [2.05, 4.69) is 5.32 Å². The zero-order chi connectivity index (χ0) is 20.5. The summed E-state index contributed by atoms with van der Waals surface area (Å²) in [7, 11) is 0. The Morgan fingerprint density at radius 2 is 2.00 bits per heavy atom. The second-order valence-corrected chi connectivity index (χ2v) is 7.02. The van der Waals surface area contributed by atoms with Gasteiger partial charge in [0, 0.05) is 18.1 Å². The topological polar surface area (TPSA) is 65.3 Å². The van der Waals surface area contributed by atoms with Crippen molar-refractivity contribution in [1.82, 2.24) is 5.32 Å². The summed E-state index contributed by atoms with van der Waals surface area (Å²) in [6, 6.07) is 10.9. The van der Waals surface area contributed by atoms with Gasteiger partial charge in [-0.2, -0.15) is 4.73 Å². The normalized spacial score (nSPS) is 14.9. The minimum Gasteiger partial charge on any atom is -0.619 e. The Balaban J connectivity index is 1.47. The van der Waals surface area contributed by atoms with Crippen LogP contribution in [-0.2, 0) is 6.42 Å². The first-order valence-corrected chi connectivity index (χ1v) is 9.13. The predicted octanol–water partition coefficient (Wildman–Crippen LogP) is 3.31. The van der Waals surface area contributed by atoms with Crippen molar-refractivity contribution in [3.05, 3.63) is 88.4 Å². The second-order valence-electron chi connectivity index (χ2n) is 7.02. The highest BCUT2D eigenvalue weighted by molar-refractivity contribution is 5.93. The van der Waals surface area contributed by atoms with Gasteiger partial charge in [0.2, 0.25) is 0 Å². The van der Waals surface area contributed by atoms with Gasteiger partial charge in [0.15, 0.2) is 24.0 Å². The van der Waals surface area contributed by atoms with E-state index < -0.39 is 17.8 Å². The Morgan fingerprint density at radius 1 is 1.21 bits per heavy atom. The average Bonchev–Trinajstić information content (AvgIpc) is 3.12. The first-order valence-electron chi connectivity index (χ1n) is 9.13. The van der Waals surface area contributed by atoms with Crippen LogP contribution in [0.1, 0.15) is 21.5 Å². The van der Waals surface area contributed by atoms with Crippen LogP contribution < -0.4 is 14.8 Å². The highest BCUT2D eigenvalue weighted by Crippen LogP contribution is 2.36. The molecule has 0 saturated heterocycles. The van der Waals surface area contributed by atoms with Crippen LogP contribution in [0.2, 0.25) is 0 Å². The molecule has 0 fully saturated rings. The molecular weight excluding hydrogens is 378 g/mol. The molecule has 7 heteroatoms. The van der Waals surface area contributed by atoms with Crippen LogP contribution in [0.15, 0.2) is 54.9 Å². The molecule has 0 saturated carbocycles. The largest absolute Gasteiger partial charge is 0.619 e. The molecule has 1 amide bonds. The summed E-state index contributed by atoms with van der Waals surface area (Å²) in [5.41, 5.74) is 2.57. The number of hydrogen-bond acceptors (Lipinski definition) is 3. The van der Waals surface area contributed by atoms with E-state index in [9.17, 15) is 18.8 Å². The second kappa shape index (κ2) is 7.50. The van der Waals surface area contributed by atoms with E-state index >= 15 is 0 Å². The number of amides is 1. The molecule has 2 aromatic carbocycles. The van der Waals surface area contributed by atoms with Gasteiger partial charge >= 0.3 is 0 Å². The van der Waals surface area contributed by atoms with E-state index in [-0.39, 0.29) is 23.7 Å². The van der Waals surface area contributed by atoms with Gasteiger partial charge in [-0.3, -0.25) is 4.79 Å². The number of carbonyl (C=O) groups is 1. The number of nitrogens with one attached hydrogen (secondary N) is 1. The van der Waals surface area contributed by atoms with Gasteiger partial charge in [-0.25, -0.2) is 8.78 Å². The van der Waals surface area contributed by atoms with Crippen LogP contribution in [0.3, 0.4) is 0 Å². The van der Waals surface area contributed by atoms with E-state index in [4.69, 9.17) is 4.74 Å². The summed E-state index contributed by atoms with van der Waals surface area (Å²) in [6.45, 7) is 1.83. The lowest BCUT2D eigenvalue weighted by atomic mass is 9.99. The summed E-state index contributed by atoms with van der Waals surface area (Å²) in [4.78, 5) is 12.2. The molecule has 1 atom stereocenters. The van der Waals surface area contributed by atoms with Crippen LogP contribution in [0.5, 0.6) is 5.75 Å². The minimum absolute atomic E-state index is 0.151. The molecule has 2 heterocycles. The third-order valence-corrected chi connectivity index (χ3v) is 4.89. The Hall–Kier alpha value is -3.48. The third-order valence-electron chi connectivity index (χ3n) is 4.89. The molecule has 0 unspecified atom stereocenters. The van der Waals surface area contributed by atoms with Crippen molar-refractivity contribution in [2.24, 2.45) is 0 Å². The number of rotatable bonds is 4. The van der Waals surface area contributed by atoms with Gasteiger partial charge in [-0.05, 0) is 47.9 Å². The highest BCUT2D eigenvalue weighted by Gasteiger charge is 2.27.